The van der Waals surface area contributed by atoms with E-state index < -0.39 is 7.92 Å². The molecule has 0 aromatic heterocycles. The van der Waals surface area contributed by atoms with Crippen LogP contribution in [0, 0.1) is 0 Å². The average molecular weight is 740 g/mol. The molecule has 5 rings (SSSR count). The van der Waals surface area contributed by atoms with Crippen molar-refractivity contribution in [2.45, 2.75) is 0 Å². The van der Waals surface area contributed by atoms with Crippen molar-refractivity contribution in [3.8, 4) is 11.1 Å². The molecule has 1 atom stereocenters. The molecule has 0 heterocycles. The van der Waals surface area contributed by atoms with Crippen molar-refractivity contribution in [3.05, 3.63) is 157 Å². The second-order valence-electron chi connectivity index (χ2n) is 8.71. The van der Waals surface area contributed by atoms with Crippen LogP contribution in [0.15, 0.2) is 152 Å². The predicted molar refractivity (Wildman–Crippen MR) is 196 cm³/mol. The van der Waals surface area contributed by atoms with E-state index >= 15 is 0 Å². The first-order valence-electron chi connectivity index (χ1n) is 13.6. The summed E-state index contributed by atoms with van der Waals surface area (Å²) in [5.74, 6) is 1.17. The third-order valence-corrected chi connectivity index (χ3v) is 9.39. The Balaban J connectivity index is 0.000000230. The number of hydrogen-bond donors (Lipinski definition) is 0. The smallest absolute Gasteiger partial charge is 0.0622 e. The van der Waals surface area contributed by atoms with Crippen LogP contribution < -0.4 is 15.9 Å². The maximum atomic E-state index is 4.85. The van der Waals surface area contributed by atoms with Gasteiger partial charge in [0.25, 0.3) is 0 Å². The molecule has 0 saturated heterocycles. The molecule has 0 aliphatic carbocycles. The molecule has 5 aromatic rings. The maximum absolute atomic E-state index is 4.85. The number of thioether (sulfide) groups is 1. The van der Waals surface area contributed by atoms with E-state index in [1.54, 1.807) is 0 Å². The largest absolute Gasteiger partial charge is 0.102 e. The SMILES string of the molecule is CSCC[N-]CCP.[Cl][Ru][Cl].c1ccc(-c2ccccc2)cc1.c1ccc([PH+](c2ccccc2)c2ccccc2)cc1. The Morgan fingerprint density at radius 1 is 0.571 bits per heavy atom. The Morgan fingerprint density at radius 2 is 0.881 bits per heavy atom. The second-order valence-corrected chi connectivity index (χ2v) is 15.4. The second kappa shape index (κ2) is 24.9. The molecule has 5 aromatic carbocycles. The molecule has 0 amide bonds. The van der Waals surface area contributed by atoms with Crippen LogP contribution in [0.1, 0.15) is 0 Å². The molecule has 0 aliphatic rings. The topological polar surface area (TPSA) is 14.1 Å². The number of nitrogens with zero attached hydrogens (tertiary/aromatic N) is 1. The Hall–Kier alpha value is -1.53. The first kappa shape index (κ1) is 36.7. The maximum Gasteiger partial charge on any atom is 0.102 e. The third kappa shape index (κ3) is 15.3. The monoisotopic (exact) mass is 739 g/mol. The molecule has 1 unspecified atom stereocenters. The van der Waals surface area contributed by atoms with Gasteiger partial charge in [0.2, 0.25) is 0 Å². The number of halogens is 2. The molecule has 7 heteroatoms. The molecule has 1 nitrogen and oxygen atoms in total. The quantitative estimate of drug-likeness (QED) is 0.0835. The summed E-state index contributed by atoms with van der Waals surface area (Å²) in [6, 6.07) is 53.3. The Bertz CT molecular complexity index is 1150. The summed E-state index contributed by atoms with van der Waals surface area (Å²) in [7, 11) is 11.5. The molecule has 0 spiro atoms. The minimum absolute atomic E-state index is 0.346. The summed E-state index contributed by atoms with van der Waals surface area (Å²) in [5, 5.41) is 8.54. The normalized spacial score (nSPS) is 9.93. The van der Waals surface area contributed by atoms with Gasteiger partial charge in [0, 0.05) is 0 Å². The molecule has 0 saturated carbocycles. The molecule has 222 valence electrons. The van der Waals surface area contributed by atoms with Gasteiger partial charge in [-0.25, -0.2) is 0 Å². The van der Waals surface area contributed by atoms with Gasteiger partial charge < -0.3 is 5.32 Å². The van der Waals surface area contributed by atoms with E-state index in [4.69, 9.17) is 19.4 Å². The van der Waals surface area contributed by atoms with Crippen LogP contribution in [0.2, 0.25) is 0 Å². The van der Waals surface area contributed by atoms with Crippen LogP contribution in [0.4, 0.5) is 0 Å². The van der Waals surface area contributed by atoms with E-state index in [0.717, 1.165) is 19.3 Å². The molecule has 42 heavy (non-hydrogen) atoms. The zero-order chi connectivity index (χ0) is 30.1. The van der Waals surface area contributed by atoms with Crippen LogP contribution >= 0.6 is 48.3 Å². The zero-order valence-electron chi connectivity index (χ0n) is 23.8. The van der Waals surface area contributed by atoms with Gasteiger partial charge in [0.1, 0.15) is 15.9 Å². The minimum Gasteiger partial charge on any atom is -0.0622 e. The number of rotatable bonds is 9. The fourth-order valence-electron chi connectivity index (χ4n) is 3.93. The van der Waals surface area contributed by atoms with E-state index in [9.17, 15) is 0 Å². The van der Waals surface area contributed by atoms with Gasteiger partial charge in [-0.2, -0.15) is 11.8 Å². The summed E-state index contributed by atoms with van der Waals surface area (Å²) in [6.07, 6.45) is 3.21. The summed E-state index contributed by atoms with van der Waals surface area (Å²) < 4.78 is 0. The average Bonchev–Trinajstić information content (AvgIpc) is 3.07. The van der Waals surface area contributed by atoms with E-state index in [0.29, 0.717) is 0 Å². The zero-order valence-corrected chi connectivity index (χ0v) is 30.0. The molecule has 0 bridgehead atoms. The van der Waals surface area contributed by atoms with Crippen LogP contribution in [0.25, 0.3) is 16.4 Å². The van der Waals surface area contributed by atoms with Crippen LogP contribution in [0.5, 0.6) is 0 Å². The van der Waals surface area contributed by atoms with Crippen LogP contribution in [-0.2, 0) is 15.1 Å². The minimum atomic E-state index is -0.877. The number of benzene rings is 5. The van der Waals surface area contributed by atoms with Crippen molar-refractivity contribution >= 4 is 64.2 Å². The van der Waals surface area contributed by atoms with Crippen molar-refractivity contribution in [2.24, 2.45) is 0 Å². The molecule has 0 aliphatic heterocycles. The molecule has 0 fully saturated rings. The standard InChI is InChI=1S/C18H15P.C12H10.C5H13NPS.2ClH.Ru/c1-4-10-16(11-5-1)19(17-12-6-2-7-13-17)18-14-8-3-9-15-18;1-3-7-11(8-4-1)12-9-5-2-6-10-12;1-8-5-3-6-2-4-7;;;/h1-15H;1-10H;2-5,7H2,1H3;2*1H;/q;;-1;;;+2/p-1. The summed E-state index contributed by atoms with van der Waals surface area (Å²) in [5.41, 5.74) is 2.55. The Morgan fingerprint density at radius 3 is 1.17 bits per heavy atom. The van der Waals surface area contributed by atoms with Gasteiger partial charge in [-0.3, -0.25) is 0 Å². The molecular formula is C35H39Cl2NP2RuS. The van der Waals surface area contributed by atoms with Gasteiger partial charge in [0.15, 0.2) is 0 Å². The number of hydrogen-bond acceptors (Lipinski definition) is 1. The van der Waals surface area contributed by atoms with Gasteiger partial charge in [-0.05, 0) is 59.5 Å². The van der Waals surface area contributed by atoms with Crippen molar-refractivity contribution < 1.29 is 15.1 Å². The van der Waals surface area contributed by atoms with E-state index in [1.807, 2.05) is 23.9 Å². The Labute approximate surface area is 276 Å². The fraction of sp³-hybridized carbons (Fsp3) is 0.143. The fourth-order valence-corrected chi connectivity index (χ4v) is 7.01. The molecule has 0 radical (unpaired) electrons. The Kier molecular flexibility index (Phi) is 21.7. The first-order valence-corrected chi connectivity index (χ1v) is 21.7. The summed E-state index contributed by atoms with van der Waals surface area (Å²) in [6.45, 7) is 2.03. The van der Waals surface area contributed by atoms with Gasteiger partial charge in [0.05, 0.1) is 7.92 Å². The van der Waals surface area contributed by atoms with Gasteiger partial charge in [-0.15, -0.1) is 22.3 Å². The summed E-state index contributed by atoms with van der Waals surface area (Å²) >= 11 is 1.51. The summed E-state index contributed by atoms with van der Waals surface area (Å²) in [4.78, 5) is 0. The van der Waals surface area contributed by atoms with E-state index in [1.165, 1.54) is 32.8 Å². The predicted octanol–water partition coefficient (Wildman–Crippen LogP) is 9.51. The van der Waals surface area contributed by atoms with Crippen LogP contribution in [0.3, 0.4) is 0 Å². The van der Waals surface area contributed by atoms with Crippen molar-refractivity contribution in [1.29, 1.82) is 0 Å². The van der Waals surface area contributed by atoms with Crippen LogP contribution in [-0.4, -0.2) is 31.3 Å². The van der Waals surface area contributed by atoms with Crippen molar-refractivity contribution in [2.75, 3.05) is 31.3 Å². The van der Waals surface area contributed by atoms with Crippen molar-refractivity contribution in [3.63, 3.8) is 0 Å². The first-order chi connectivity index (χ1) is 20.7. The third-order valence-electron chi connectivity index (χ3n) is 5.81. The van der Waals surface area contributed by atoms with Gasteiger partial charge >= 0.3 is 34.5 Å². The molecule has 0 N–H and O–H groups in total. The van der Waals surface area contributed by atoms with Crippen molar-refractivity contribution in [1.82, 2.24) is 0 Å². The van der Waals surface area contributed by atoms with E-state index in [-0.39, 0.29) is 15.1 Å². The van der Waals surface area contributed by atoms with Gasteiger partial charge in [-0.1, -0.05) is 121 Å². The molecular weight excluding hydrogens is 700 g/mol. The van der Waals surface area contributed by atoms with E-state index in [2.05, 4.69) is 160 Å².